The molecule has 0 N–H and O–H groups in total. The minimum Gasteiger partial charge on any atom is -0.445 e. The van der Waals surface area contributed by atoms with E-state index in [-0.39, 0.29) is 16.4 Å². The van der Waals surface area contributed by atoms with Gasteiger partial charge in [-0.2, -0.15) is 0 Å². The summed E-state index contributed by atoms with van der Waals surface area (Å²) in [5.74, 6) is 0.157. The van der Waals surface area contributed by atoms with E-state index in [0.29, 0.717) is 10.9 Å². The van der Waals surface area contributed by atoms with E-state index in [0.717, 1.165) is 15.6 Å². The molecule has 130 valence electrons. The number of aromatic nitrogens is 1. The van der Waals surface area contributed by atoms with E-state index in [4.69, 9.17) is 0 Å². The van der Waals surface area contributed by atoms with Gasteiger partial charge in [0.2, 0.25) is 0 Å². The molecule has 2 aromatic carbocycles. The lowest BCUT2D eigenvalue weighted by molar-refractivity contribution is 0.499. The van der Waals surface area contributed by atoms with Gasteiger partial charge in [0.05, 0.1) is 10.4 Å². The number of rotatable bonds is 4. The number of hydrogen-bond acceptors (Lipinski definition) is 2. The molecule has 0 fully saturated rings. The summed E-state index contributed by atoms with van der Waals surface area (Å²) in [6.07, 6.45) is 2.13. The molecule has 0 amide bonds. The van der Waals surface area contributed by atoms with Gasteiger partial charge in [-0.1, -0.05) is 42.0 Å². The highest BCUT2D eigenvalue weighted by molar-refractivity contribution is 7.90. The molecule has 0 aliphatic rings. The van der Waals surface area contributed by atoms with Crippen molar-refractivity contribution in [1.82, 2.24) is 3.97 Å². The average molecular weight is 364 g/mol. The molecule has 0 aliphatic heterocycles. The van der Waals surface area contributed by atoms with Crippen LogP contribution in [0.15, 0.2) is 65.6 Å². The molecule has 3 aromatic rings. The molecular weight excluding hydrogens is 350 g/mol. The Hall–Kier alpha value is -2.48. The van der Waals surface area contributed by atoms with Gasteiger partial charge in [-0.05, 0) is 30.7 Å². The van der Waals surface area contributed by atoms with Crippen LogP contribution in [0.5, 0.6) is 0 Å². The van der Waals surface area contributed by atoms with Crippen molar-refractivity contribution in [2.75, 3.05) is 0 Å². The Morgan fingerprint density at radius 3 is 2.28 bits per heavy atom. The van der Waals surface area contributed by atoms with E-state index < -0.39 is 17.0 Å². The predicted molar refractivity (Wildman–Crippen MR) is 93.8 cm³/mol. The van der Waals surface area contributed by atoms with Crippen LogP contribution in [0.3, 0.4) is 0 Å². The highest BCUT2D eigenvalue weighted by atomic mass is 32.2. The Labute approximate surface area is 143 Å². The SMILES string of the molecule is Cc1ccc(S(=O)(=O)n2cc(/C=C/[B-](F)(F)F)c3ccccc32)cc1. The average Bonchev–Trinajstić information content (AvgIpc) is 2.92. The zero-order valence-electron chi connectivity index (χ0n) is 13.2. The van der Waals surface area contributed by atoms with E-state index in [1.165, 1.54) is 18.3 Å². The third kappa shape index (κ3) is 3.48. The summed E-state index contributed by atoms with van der Waals surface area (Å²) in [4.78, 5) is 0.0782. The summed E-state index contributed by atoms with van der Waals surface area (Å²) in [6, 6.07) is 12.8. The standard InChI is InChI=1S/C17H14BF3NO2S/c1-13-6-8-15(9-7-13)25(23,24)22-12-14(10-11-18(19,20)21)16-4-2-3-5-17(16)22/h2-12H,1H3/q-1/b11-10+. The van der Waals surface area contributed by atoms with Crippen molar-refractivity contribution in [2.45, 2.75) is 11.8 Å². The Bertz CT molecular complexity index is 1050. The van der Waals surface area contributed by atoms with Crippen LogP contribution in [0.2, 0.25) is 0 Å². The molecule has 1 heterocycles. The normalized spacial score (nSPS) is 13.0. The molecule has 0 spiro atoms. The molecule has 0 aliphatic carbocycles. The summed E-state index contributed by atoms with van der Waals surface area (Å²) >= 11 is 0. The third-order valence-electron chi connectivity index (χ3n) is 3.78. The first kappa shape index (κ1) is 17.4. The van der Waals surface area contributed by atoms with E-state index in [2.05, 4.69) is 0 Å². The Kier molecular flexibility index (Phi) is 4.24. The fraction of sp³-hybridized carbons (Fsp3) is 0.0588. The smallest absolute Gasteiger partial charge is 0.445 e. The van der Waals surface area contributed by atoms with Crippen molar-refractivity contribution in [2.24, 2.45) is 0 Å². The molecule has 0 unspecified atom stereocenters. The van der Waals surface area contributed by atoms with Crippen molar-refractivity contribution in [3.63, 3.8) is 0 Å². The number of benzene rings is 2. The summed E-state index contributed by atoms with van der Waals surface area (Å²) in [6.45, 7) is -3.27. The molecule has 25 heavy (non-hydrogen) atoms. The quantitative estimate of drug-likeness (QED) is 0.636. The molecule has 0 atom stereocenters. The second-order valence-electron chi connectivity index (χ2n) is 5.70. The topological polar surface area (TPSA) is 39.1 Å². The van der Waals surface area contributed by atoms with Gasteiger partial charge >= 0.3 is 6.98 Å². The minimum absolute atomic E-state index is 0.0782. The Morgan fingerprint density at radius 2 is 1.64 bits per heavy atom. The monoisotopic (exact) mass is 364 g/mol. The van der Waals surface area contributed by atoms with Crippen molar-refractivity contribution < 1.29 is 21.4 Å². The van der Waals surface area contributed by atoms with Gasteiger partial charge < -0.3 is 12.9 Å². The largest absolute Gasteiger partial charge is 0.502 e. The van der Waals surface area contributed by atoms with Crippen LogP contribution in [-0.2, 0) is 10.0 Å². The van der Waals surface area contributed by atoms with Gasteiger partial charge in [0, 0.05) is 11.6 Å². The van der Waals surface area contributed by atoms with Crippen LogP contribution in [-0.4, -0.2) is 19.4 Å². The molecule has 3 rings (SSSR count). The zero-order valence-corrected chi connectivity index (χ0v) is 14.1. The fourth-order valence-electron chi connectivity index (χ4n) is 2.54. The van der Waals surface area contributed by atoms with E-state index in [9.17, 15) is 21.4 Å². The van der Waals surface area contributed by atoms with E-state index in [1.54, 1.807) is 36.4 Å². The maximum absolute atomic E-state index is 12.9. The number of fused-ring (bicyclic) bond motifs is 1. The van der Waals surface area contributed by atoms with Gasteiger partial charge in [0.15, 0.2) is 0 Å². The summed E-state index contributed by atoms with van der Waals surface area (Å²) < 4.78 is 64.4. The molecule has 0 saturated heterocycles. The summed E-state index contributed by atoms with van der Waals surface area (Å²) in [7, 11) is -3.91. The maximum Gasteiger partial charge on any atom is 0.502 e. The predicted octanol–water partition coefficient (Wildman–Crippen LogP) is 4.59. The molecule has 8 heteroatoms. The van der Waals surface area contributed by atoms with Crippen LogP contribution < -0.4 is 0 Å². The molecule has 1 aromatic heterocycles. The third-order valence-corrected chi connectivity index (χ3v) is 5.47. The lowest BCUT2D eigenvalue weighted by Gasteiger charge is -2.07. The van der Waals surface area contributed by atoms with Gasteiger partial charge in [0.1, 0.15) is 0 Å². The summed E-state index contributed by atoms with van der Waals surface area (Å²) in [5.41, 5.74) is 1.44. The maximum atomic E-state index is 12.9. The first-order valence-corrected chi connectivity index (χ1v) is 8.94. The van der Waals surface area contributed by atoms with Crippen molar-refractivity contribution in [3.05, 3.63) is 71.8 Å². The molecule has 0 radical (unpaired) electrons. The molecule has 0 saturated carbocycles. The van der Waals surface area contributed by atoms with Gasteiger partial charge in [-0.3, -0.25) is 0 Å². The number of para-hydroxylation sites is 1. The lowest BCUT2D eigenvalue weighted by Crippen LogP contribution is -2.11. The van der Waals surface area contributed by atoms with E-state index in [1.807, 2.05) is 6.92 Å². The first-order valence-electron chi connectivity index (χ1n) is 7.50. The number of halogens is 3. The Balaban J connectivity index is 2.20. The van der Waals surface area contributed by atoms with Gasteiger partial charge in [-0.25, -0.2) is 12.4 Å². The van der Waals surface area contributed by atoms with Crippen molar-refractivity contribution >= 4 is 34.0 Å². The van der Waals surface area contributed by atoms with Crippen LogP contribution in [0.25, 0.3) is 17.0 Å². The number of aryl methyl sites for hydroxylation is 1. The van der Waals surface area contributed by atoms with Crippen molar-refractivity contribution in [3.8, 4) is 0 Å². The molecule has 0 bridgehead atoms. The molecule has 3 nitrogen and oxygen atoms in total. The second kappa shape index (κ2) is 6.11. The van der Waals surface area contributed by atoms with Crippen LogP contribution in [0.4, 0.5) is 12.9 Å². The van der Waals surface area contributed by atoms with Crippen LogP contribution in [0, 0.1) is 6.92 Å². The van der Waals surface area contributed by atoms with Crippen LogP contribution in [0.1, 0.15) is 11.1 Å². The van der Waals surface area contributed by atoms with Crippen LogP contribution >= 0.6 is 0 Å². The van der Waals surface area contributed by atoms with Gasteiger partial charge in [0.25, 0.3) is 10.0 Å². The van der Waals surface area contributed by atoms with Gasteiger partial charge in [-0.15, -0.1) is 5.98 Å². The zero-order chi connectivity index (χ0) is 18.2. The highest BCUT2D eigenvalue weighted by Crippen LogP contribution is 2.27. The Morgan fingerprint density at radius 1 is 1.00 bits per heavy atom. The fourth-order valence-corrected chi connectivity index (χ4v) is 3.92. The van der Waals surface area contributed by atoms with E-state index >= 15 is 0 Å². The van der Waals surface area contributed by atoms with Crippen molar-refractivity contribution in [1.29, 1.82) is 0 Å². The second-order valence-corrected chi connectivity index (χ2v) is 7.51. The number of hydrogen-bond donors (Lipinski definition) is 0. The minimum atomic E-state index is -5.10. The number of nitrogens with zero attached hydrogens (tertiary/aromatic N) is 1. The first-order chi connectivity index (χ1) is 11.7. The molecular formula is C17H14BF3NO2S-. The summed E-state index contributed by atoms with van der Waals surface area (Å²) in [5, 5.41) is 0.439. The lowest BCUT2D eigenvalue weighted by atomic mass is 9.90. The highest BCUT2D eigenvalue weighted by Gasteiger charge is 2.21.